The van der Waals surface area contributed by atoms with Crippen LogP contribution in [0, 0.1) is 11.7 Å². The first-order valence-corrected chi connectivity index (χ1v) is 8.89. The molecule has 1 aliphatic carbocycles. The second-order valence-electron chi connectivity index (χ2n) is 6.87. The average Bonchev–Trinajstić information content (AvgIpc) is 2.60. The Bertz CT molecular complexity index is 720. The van der Waals surface area contributed by atoms with E-state index in [1.807, 2.05) is 0 Å². The fourth-order valence-electron chi connectivity index (χ4n) is 3.33. The molecule has 3 amide bonds. The van der Waals surface area contributed by atoms with E-state index in [0.717, 1.165) is 0 Å². The minimum absolute atomic E-state index is 0.0384. The fraction of sp³-hybridized carbons (Fsp3) is 0.474. The highest BCUT2D eigenvalue weighted by Crippen LogP contribution is 2.24. The zero-order valence-corrected chi connectivity index (χ0v) is 15.2. The lowest BCUT2D eigenvalue weighted by molar-refractivity contribution is -0.132. The van der Waals surface area contributed by atoms with Gasteiger partial charge in [-0.25, -0.2) is 4.39 Å². The summed E-state index contributed by atoms with van der Waals surface area (Å²) in [6.07, 6.45) is 2.04. The predicted molar refractivity (Wildman–Crippen MR) is 95.8 cm³/mol. The molecule has 1 aromatic rings. The Labute approximate surface area is 156 Å². The number of primary amides is 1. The first-order valence-electron chi connectivity index (χ1n) is 8.89. The molecule has 1 aromatic carbocycles. The van der Waals surface area contributed by atoms with Gasteiger partial charge in [0.2, 0.25) is 17.7 Å². The maximum atomic E-state index is 13.1. The number of hydrogen-bond donors (Lipinski definition) is 3. The number of rotatable bonds is 7. The summed E-state index contributed by atoms with van der Waals surface area (Å²) in [5, 5.41) is 5.12. The van der Waals surface area contributed by atoms with Crippen molar-refractivity contribution in [3.05, 3.63) is 35.6 Å². The van der Waals surface area contributed by atoms with Crippen LogP contribution in [0.5, 0.6) is 0 Å². The summed E-state index contributed by atoms with van der Waals surface area (Å²) in [7, 11) is 0. The number of nitrogens with two attached hydrogens (primary N) is 1. The van der Waals surface area contributed by atoms with Gasteiger partial charge in [-0.3, -0.25) is 19.2 Å². The molecular formula is C19H24FN3O4. The molecular weight excluding hydrogens is 353 g/mol. The van der Waals surface area contributed by atoms with Gasteiger partial charge >= 0.3 is 0 Å². The summed E-state index contributed by atoms with van der Waals surface area (Å²) >= 11 is 0. The standard InChI is InChI=1S/C19H24FN3O4/c1-11(24)22-16(9-12-5-7-14(20)8-6-12)19(27)23-17(18(21)26)13-3-2-4-15(25)10-13/h5-8,13,16-17H,2-4,9-10H2,1H3,(H2,21,26)(H,22,24)(H,23,27)/t13-,16+,17+/m0/s1. The summed E-state index contributed by atoms with van der Waals surface area (Å²) in [6.45, 7) is 1.27. The van der Waals surface area contributed by atoms with Crippen molar-refractivity contribution in [2.45, 2.75) is 51.1 Å². The summed E-state index contributed by atoms with van der Waals surface area (Å²) in [6, 6.07) is 3.63. The summed E-state index contributed by atoms with van der Waals surface area (Å²) in [5.74, 6) is -2.42. The number of hydrogen-bond acceptors (Lipinski definition) is 4. The van der Waals surface area contributed by atoms with Crippen LogP contribution in [0.15, 0.2) is 24.3 Å². The van der Waals surface area contributed by atoms with Crippen molar-refractivity contribution in [1.82, 2.24) is 10.6 Å². The van der Waals surface area contributed by atoms with Gasteiger partial charge < -0.3 is 16.4 Å². The van der Waals surface area contributed by atoms with Gasteiger partial charge in [0.1, 0.15) is 23.7 Å². The van der Waals surface area contributed by atoms with Crippen LogP contribution in [0.3, 0.4) is 0 Å². The zero-order valence-electron chi connectivity index (χ0n) is 15.2. The average molecular weight is 377 g/mol. The van der Waals surface area contributed by atoms with Crippen LogP contribution in [0.4, 0.5) is 4.39 Å². The van der Waals surface area contributed by atoms with E-state index in [1.54, 1.807) is 0 Å². The molecule has 0 radical (unpaired) electrons. The van der Waals surface area contributed by atoms with Crippen molar-refractivity contribution in [3.8, 4) is 0 Å². The molecule has 0 aliphatic heterocycles. The van der Waals surface area contributed by atoms with Crippen molar-refractivity contribution < 1.29 is 23.6 Å². The van der Waals surface area contributed by atoms with Crippen LogP contribution in [-0.2, 0) is 25.6 Å². The molecule has 0 saturated heterocycles. The molecule has 0 aromatic heterocycles. The summed E-state index contributed by atoms with van der Waals surface area (Å²) in [5.41, 5.74) is 6.08. The summed E-state index contributed by atoms with van der Waals surface area (Å²) in [4.78, 5) is 47.7. The van der Waals surface area contributed by atoms with Gasteiger partial charge in [0.05, 0.1) is 0 Å². The number of carbonyl (C=O) groups excluding carboxylic acids is 4. The third-order valence-electron chi connectivity index (χ3n) is 4.64. The van der Waals surface area contributed by atoms with E-state index in [1.165, 1.54) is 31.2 Å². The number of halogens is 1. The normalized spacial score (nSPS) is 19.0. The zero-order chi connectivity index (χ0) is 20.0. The quantitative estimate of drug-likeness (QED) is 0.645. The molecule has 0 heterocycles. The van der Waals surface area contributed by atoms with Gasteiger partial charge in [0, 0.05) is 26.2 Å². The molecule has 146 valence electrons. The van der Waals surface area contributed by atoms with Gasteiger partial charge in [-0.2, -0.15) is 0 Å². The Balaban J connectivity index is 2.12. The molecule has 2 rings (SSSR count). The number of ketones is 1. The van der Waals surface area contributed by atoms with Crippen molar-refractivity contribution in [2.24, 2.45) is 11.7 Å². The van der Waals surface area contributed by atoms with E-state index in [4.69, 9.17) is 5.73 Å². The predicted octanol–water partition coefficient (Wildman–Crippen LogP) is 0.602. The molecule has 8 heteroatoms. The number of amides is 3. The molecule has 0 unspecified atom stereocenters. The van der Waals surface area contributed by atoms with Gasteiger partial charge in [0.15, 0.2) is 0 Å². The molecule has 1 saturated carbocycles. The summed E-state index contributed by atoms with van der Waals surface area (Å²) < 4.78 is 13.1. The first-order chi connectivity index (χ1) is 12.8. The lowest BCUT2D eigenvalue weighted by atomic mass is 9.82. The molecule has 0 bridgehead atoms. The Hall–Kier alpha value is -2.77. The highest BCUT2D eigenvalue weighted by molar-refractivity contribution is 5.92. The number of nitrogens with one attached hydrogen (secondary N) is 2. The third kappa shape index (κ3) is 6.16. The van der Waals surface area contributed by atoms with Crippen molar-refractivity contribution in [1.29, 1.82) is 0 Å². The van der Waals surface area contributed by atoms with Gasteiger partial charge in [-0.05, 0) is 36.5 Å². The van der Waals surface area contributed by atoms with Crippen LogP contribution in [0.25, 0.3) is 0 Å². The largest absolute Gasteiger partial charge is 0.368 e. The van der Waals surface area contributed by atoms with Gasteiger partial charge in [0.25, 0.3) is 0 Å². The van der Waals surface area contributed by atoms with Gasteiger partial charge in [-0.1, -0.05) is 12.1 Å². The number of Topliss-reactive ketones (excluding diaryl/α,β-unsaturated/α-hetero) is 1. The maximum absolute atomic E-state index is 13.1. The molecule has 7 nitrogen and oxygen atoms in total. The van der Waals surface area contributed by atoms with Crippen molar-refractivity contribution >= 4 is 23.5 Å². The van der Waals surface area contributed by atoms with E-state index < -0.39 is 35.6 Å². The number of carbonyl (C=O) groups is 4. The van der Waals surface area contributed by atoms with Crippen LogP contribution < -0.4 is 16.4 Å². The molecule has 1 fully saturated rings. The van der Waals surface area contributed by atoms with Crippen molar-refractivity contribution in [3.63, 3.8) is 0 Å². The Morgan fingerprint density at radius 1 is 1.22 bits per heavy atom. The topological polar surface area (TPSA) is 118 Å². The molecule has 27 heavy (non-hydrogen) atoms. The SMILES string of the molecule is CC(=O)N[C@H](Cc1ccc(F)cc1)C(=O)N[C@@H](C(N)=O)[C@H]1CCCC(=O)C1. The molecule has 0 spiro atoms. The third-order valence-corrected chi connectivity index (χ3v) is 4.64. The lowest BCUT2D eigenvalue weighted by Gasteiger charge is -2.29. The number of benzene rings is 1. The lowest BCUT2D eigenvalue weighted by Crippen LogP contribution is -2.56. The van der Waals surface area contributed by atoms with E-state index in [-0.39, 0.29) is 24.5 Å². The maximum Gasteiger partial charge on any atom is 0.243 e. The van der Waals surface area contributed by atoms with Crippen LogP contribution in [0.1, 0.15) is 38.2 Å². The molecule has 3 atom stereocenters. The minimum atomic E-state index is -0.980. The van der Waals surface area contributed by atoms with Crippen LogP contribution in [-0.4, -0.2) is 35.6 Å². The Morgan fingerprint density at radius 3 is 2.44 bits per heavy atom. The first kappa shape index (κ1) is 20.5. The molecule has 1 aliphatic rings. The van der Waals surface area contributed by atoms with Crippen LogP contribution >= 0.6 is 0 Å². The Morgan fingerprint density at radius 2 is 1.89 bits per heavy atom. The highest BCUT2D eigenvalue weighted by atomic mass is 19.1. The minimum Gasteiger partial charge on any atom is -0.368 e. The van der Waals surface area contributed by atoms with Crippen LogP contribution in [0.2, 0.25) is 0 Å². The van der Waals surface area contributed by atoms with E-state index >= 15 is 0 Å². The van der Waals surface area contributed by atoms with Gasteiger partial charge in [-0.15, -0.1) is 0 Å². The second-order valence-corrected chi connectivity index (χ2v) is 6.87. The van der Waals surface area contributed by atoms with E-state index in [0.29, 0.717) is 24.8 Å². The highest BCUT2D eigenvalue weighted by Gasteiger charge is 2.33. The Kier molecular flexibility index (Phi) is 7.04. The monoisotopic (exact) mass is 377 g/mol. The van der Waals surface area contributed by atoms with E-state index in [2.05, 4.69) is 10.6 Å². The second kappa shape index (κ2) is 9.25. The molecule has 4 N–H and O–H groups in total. The van der Waals surface area contributed by atoms with E-state index in [9.17, 15) is 23.6 Å². The smallest absolute Gasteiger partial charge is 0.243 e. The van der Waals surface area contributed by atoms with Crippen molar-refractivity contribution in [2.75, 3.05) is 0 Å². The fourth-order valence-corrected chi connectivity index (χ4v) is 3.33.